The van der Waals surface area contributed by atoms with E-state index >= 15 is 0 Å². The molecule has 1 aliphatic heterocycles. The van der Waals surface area contributed by atoms with E-state index in [2.05, 4.69) is 14.9 Å². The Labute approximate surface area is 123 Å². The third-order valence-corrected chi connectivity index (χ3v) is 3.55. The summed E-state index contributed by atoms with van der Waals surface area (Å²) in [6, 6.07) is 9.38. The molecule has 1 aromatic heterocycles. The molecule has 5 heteroatoms. The summed E-state index contributed by atoms with van der Waals surface area (Å²) in [4.78, 5) is 10.8. The molecule has 0 spiro atoms. The summed E-state index contributed by atoms with van der Waals surface area (Å²) in [5.41, 5.74) is 0. The fourth-order valence-corrected chi connectivity index (χ4v) is 2.56. The zero-order valence-corrected chi connectivity index (χ0v) is 11.8. The number of nitrogens with zero attached hydrogens (tertiary/aromatic N) is 3. The molecular formula is C15H16ClN3O. The van der Waals surface area contributed by atoms with Crippen molar-refractivity contribution in [2.75, 3.05) is 13.1 Å². The highest BCUT2D eigenvalue weighted by Crippen LogP contribution is 2.22. The second kappa shape index (κ2) is 6.20. The molecule has 104 valence electrons. The van der Waals surface area contributed by atoms with Crippen molar-refractivity contribution in [3.8, 4) is 5.75 Å². The second-order valence-corrected chi connectivity index (χ2v) is 5.32. The van der Waals surface area contributed by atoms with Gasteiger partial charge >= 0.3 is 0 Å². The largest absolute Gasteiger partial charge is 0.489 e. The number of rotatable bonds is 4. The Hall–Kier alpha value is -1.65. The summed E-state index contributed by atoms with van der Waals surface area (Å²) in [6.07, 6.45) is 4.77. The van der Waals surface area contributed by atoms with Crippen LogP contribution in [0.5, 0.6) is 5.75 Å². The van der Waals surface area contributed by atoms with E-state index in [1.807, 2.05) is 30.3 Å². The average Bonchev–Trinajstić information content (AvgIpc) is 2.87. The van der Waals surface area contributed by atoms with Crippen LogP contribution in [0.4, 0.5) is 0 Å². The maximum Gasteiger partial charge on any atom is 0.142 e. The first-order chi connectivity index (χ1) is 9.79. The monoisotopic (exact) mass is 289 g/mol. The lowest BCUT2D eigenvalue weighted by atomic mass is 10.3. The van der Waals surface area contributed by atoms with Gasteiger partial charge in [0.25, 0.3) is 0 Å². The lowest BCUT2D eigenvalue weighted by Gasteiger charge is -2.16. The molecule has 0 N–H and O–H groups in total. The standard InChI is InChI=1S/C15H16ClN3O/c16-12-3-1-4-13(9-12)20-14-5-8-19(10-14)11-15-17-6-2-7-18-15/h1-4,6-7,9,14H,5,8,10-11H2. The Morgan fingerprint density at radius 3 is 2.90 bits per heavy atom. The third-order valence-electron chi connectivity index (χ3n) is 3.31. The van der Waals surface area contributed by atoms with Crippen LogP contribution in [0.2, 0.25) is 5.02 Å². The van der Waals surface area contributed by atoms with Gasteiger partial charge in [-0.25, -0.2) is 9.97 Å². The second-order valence-electron chi connectivity index (χ2n) is 4.89. The summed E-state index contributed by atoms with van der Waals surface area (Å²) < 4.78 is 5.96. The van der Waals surface area contributed by atoms with Crippen LogP contribution in [0, 0.1) is 0 Å². The first kappa shape index (κ1) is 13.3. The summed E-state index contributed by atoms with van der Waals surface area (Å²) in [6.45, 7) is 2.67. The lowest BCUT2D eigenvalue weighted by molar-refractivity contribution is 0.197. The van der Waals surface area contributed by atoms with Crippen molar-refractivity contribution in [3.63, 3.8) is 0 Å². The van der Waals surface area contributed by atoms with E-state index in [0.29, 0.717) is 5.02 Å². The van der Waals surface area contributed by atoms with Crippen LogP contribution in [0.15, 0.2) is 42.7 Å². The van der Waals surface area contributed by atoms with Crippen LogP contribution in [0.25, 0.3) is 0 Å². The molecular weight excluding hydrogens is 274 g/mol. The minimum absolute atomic E-state index is 0.206. The summed E-state index contributed by atoms with van der Waals surface area (Å²) >= 11 is 5.96. The molecule has 2 heterocycles. The van der Waals surface area contributed by atoms with Gasteiger partial charge in [0.1, 0.15) is 17.7 Å². The summed E-state index contributed by atoms with van der Waals surface area (Å²) in [7, 11) is 0. The Morgan fingerprint density at radius 2 is 2.10 bits per heavy atom. The quantitative estimate of drug-likeness (QED) is 0.867. The highest BCUT2D eigenvalue weighted by Gasteiger charge is 2.24. The van der Waals surface area contributed by atoms with Crippen molar-refractivity contribution >= 4 is 11.6 Å². The Morgan fingerprint density at radius 1 is 1.25 bits per heavy atom. The van der Waals surface area contributed by atoms with Gasteiger partial charge in [0.15, 0.2) is 0 Å². The first-order valence-electron chi connectivity index (χ1n) is 6.70. The molecule has 0 amide bonds. The highest BCUT2D eigenvalue weighted by molar-refractivity contribution is 6.30. The van der Waals surface area contributed by atoms with Gasteiger partial charge in [0.2, 0.25) is 0 Å². The van der Waals surface area contributed by atoms with E-state index < -0.39 is 0 Å². The minimum Gasteiger partial charge on any atom is -0.489 e. The molecule has 1 aliphatic rings. The van der Waals surface area contributed by atoms with Crippen LogP contribution < -0.4 is 4.74 Å². The van der Waals surface area contributed by atoms with E-state index in [0.717, 1.165) is 37.6 Å². The fraction of sp³-hybridized carbons (Fsp3) is 0.333. The fourth-order valence-electron chi connectivity index (χ4n) is 2.38. The molecule has 1 unspecified atom stereocenters. The molecule has 20 heavy (non-hydrogen) atoms. The van der Waals surface area contributed by atoms with Gasteiger partial charge in [-0.15, -0.1) is 0 Å². The number of aromatic nitrogens is 2. The molecule has 1 aromatic carbocycles. The van der Waals surface area contributed by atoms with Gasteiger partial charge in [-0.3, -0.25) is 4.90 Å². The Kier molecular flexibility index (Phi) is 4.14. The topological polar surface area (TPSA) is 38.2 Å². The van der Waals surface area contributed by atoms with Crippen molar-refractivity contribution in [3.05, 3.63) is 53.6 Å². The molecule has 1 fully saturated rings. The van der Waals surface area contributed by atoms with Gasteiger partial charge in [-0.2, -0.15) is 0 Å². The van der Waals surface area contributed by atoms with E-state index in [4.69, 9.17) is 16.3 Å². The Bertz CT molecular complexity index is 564. The van der Waals surface area contributed by atoms with Gasteiger partial charge in [-0.05, 0) is 30.7 Å². The van der Waals surface area contributed by atoms with Gasteiger partial charge < -0.3 is 4.74 Å². The van der Waals surface area contributed by atoms with Crippen LogP contribution in [0.3, 0.4) is 0 Å². The van der Waals surface area contributed by atoms with Gasteiger partial charge in [0.05, 0.1) is 6.54 Å². The van der Waals surface area contributed by atoms with E-state index in [1.54, 1.807) is 12.4 Å². The molecule has 4 nitrogen and oxygen atoms in total. The van der Waals surface area contributed by atoms with Crippen LogP contribution in [0.1, 0.15) is 12.2 Å². The molecule has 1 saturated heterocycles. The average molecular weight is 290 g/mol. The normalized spacial score (nSPS) is 19.1. The van der Waals surface area contributed by atoms with Crippen LogP contribution >= 0.6 is 11.6 Å². The minimum atomic E-state index is 0.206. The van der Waals surface area contributed by atoms with E-state index in [9.17, 15) is 0 Å². The number of hydrogen-bond donors (Lipinski definition) is 0. The van der Waals surface area contributed by atoms with Crippen molar-refractivity contribution in [2.45, 2.75) is 19.1 Å². The van der Waals surface area contributed by atoms with Crippen molar-refractivity contribution in [1.29, 1.82) is 0 Å². The summed E-state index contributed by atoms with van der Waals surface area (Å²) in [5, 5.41) is 0.704. The zero-order valence-electron chi connectivity index (χ0n) is 11.1. The third kappa shape index (κ3) is 3.46. The maximum absolute atomic E-state index is 5.96. The van der Waals surface area contributed by atoms with E-state index in [1.165, 1.54) is 0 Å². The number of hydrogen-bond acceptors (Lipinski definition) is 4. The highest BCUT2D eigenvalue weighted by atomic mass is 35.5. The maximum atomic E-state index is 5.96. The Balaban J connectivity index is 1.54. The number of halogens is 1. The number of likely N-dealkylation sites (tertiary alicyclic amines) is 1. The van der Waals surface area contributed by atoms with Crippen LogP contribution in [-0.4, -0.2) is 34.1 Å². The molecule has 3 rings (SSSR count). The van der Waals surface area contributed by atoms with E-state index in [-0.39, 0.29) is 6.10 Å². The van der Waals surface area contributed by atoms with Gasteiger partial charge in [0, 0.05) is 30.5 Å². The number of ether oxygens (including phenoxy) is 1. The van der Waals surface area contributed by atoms with Crippen molar-refractivity contribution in [1.82, 2.24) is 14.9 Å². The molecule has 0 aliphatic carbocycles. The SMILES string of the molecule is Clc1cccc(OC2CCN(Cc3ncccn3)C2)c1. The first-order valence-corrected chi connectivity index (χ1v) is 7.08. The smallest absolute Gasteiger partial charge is 0.142 e. The molecule has 2 aromatic rings. The summed E-state index contributed by atoms with van der Waals surface area (Å²) in [5.74, 6) is 1.69. The predicted octanol–water partition coefficient (Wildman–Crippen LogP) is 2.78. The van der Waals surface area contributed by atoms with Crippen LogP contribution in [-0.2, 0) is 6.54 Å². The zero-order chi connectivity index (χ0) is 13.8. The predicted molar refractivity (Wildman–Crippen MR) is 77.8 cm³/mol. The van der Waals surface area contributed by atoms with Gasteiger partial charge in [-0.1, -0.05) is 17.7 Å². The van der Waals surface area contributed by atoms with Crippen molar-refractivity contribution < 1.29 is 4.74 Å². The molecule has 0 bridgehead atoms. The molecule has 1 atom stereocenters. The molecule has 0 radical (unpaired) electrons. The lowest BCUT2D eigenvalue weighted by Crippen LogP contribution is -2.25. The number of benzene rings is 1. The van der Waals surface area contributed by atoms with Crippen molar-refractivity contribution in [2.24, 2.45) is 0 Å². The molecule has 0 saturated carbocycles.